The lowest BCUT2D eigenvalue weighted by molar-refractivity contribution is -0.123. The molecule has 24 heavy (non-hydrogen) atoms. The van der Waals surface area contributed by atoms with E-state index in [4.69, 9.17) is 9.47 Å². The number of hydrogen-bond acceptors (Lipinski definition) is 4. The topological polar surface area (TPSA) is 76.7 Å². The second-order valence-corrected chi connectivity index (χ2v) is 6.22. The second kappa shape index (κ2) is 6.92. The fourth-order valence-corrected chi connectivity index (χ4v) is 2.76. The number of halogens is 1. The standard InChI is InChI=1S/C17H15BrN2O4/c1-10-6-11(18)2-4-13(10)20-17(22)8-16(21)19-12-3-5-14-15(7-12)24-9-23-14/h2-7H,8-9H2,1H3,(H,19,21)(H,20,22). The summed E-state index contributed by atoms with van der Waals surface area (Å²) in [6.07, 6.45) is -0.274. The van der Waals surface area contributed by atoms with Crippen molar-refractivity contribution < 1.29 is 19.1 Å². The number of nitrogens with one attached hydrogen (secondary N) is 2. The van der Waals surface area contributed by atoms with E-state index in [1.165, 1.54) is 0 Å². The zero-order chi connectivity index (χ0) is 17.1. The van der Waals surface area contributed by atoms with Crippen LogP contribution in [0.4, 0.5) is 11.4 Å². The Balaban J connectivity index is 1.57. The van der Waals surface area contributed by atoms with E-state index >= 15 is 0 Å². The van der Waals surface area contributed by atoms with Crippen molar-refractivity contribution in [3.05, 3.63) is 46.4 Å². The van der Waals surface area contributed by atoms with E-state index in [0.29, 0.717) is 22.9 Å². The lowest BCUT2D eigenvalue weighted by Crippen LogP contribution is -2.21. The maximum absolute atomic E-state index is 12.0. The highest BCUT2D eigenvalue weighted by Gasteiger charge is 2.15. The summed E-state index contributed by atoms with van der Waals surface area (Å²) in [4.78, 5) is 24.0. The Labute approximate surface area is 147 Å². The van der Waals surface area contributed by atoms with Crippen molar-refractivity contribution in [1.82, 2.24) is 0 Å². The maximum atomic E-state index is 12.0. The average Bonchev–Trinajstić information content (AvgIpc) is 2.97. The first kappa shape index (κ1) is 16.3. The molecule has 0 saturated heterocycles. The minimum absolute atomic E-state index is 0.168. The van der Waals surface area contributed by atoms with E-state index in [0.717, 1.165) is 10.0 Å². The number of hydrogen-bond donors (Lipinski definition) is 2. The SMILES string of the molecule is Cc1cc(Br)ccc1NC(=O)CC(=O)Nc1ccc2c(c1)OCO2. The first-order valence-corrected chi connectivity index (χ1v) is 8.06. The molecule has 1 aliphatic rings. The van der Waals surface area contributed by atoms with E-state index in [1.807, 2.05) is 19.1 Å². The molecular weight excluding hydrogens is 376 g/mol. The van der Waals surface area contributed by atoms with Crippen LogP contribution in [-0.4, -0.2) is 18.6 Å². The number of benzene rings is 2. The van der Waals surface area contributed by atoms with Gasteiger partial charge >= 0.3 is 0 Å². The highest BCUT2D eigenvalue weighted by molar-refractivity contribution is 9.10. The maximum Gasteiger partial charge on any atom is 0.233 e. The van der Waals surface area contributed by atoms with Gasteiger partial charge in [-0.1, -0.05) is 15.9 Å². The van der Waals surface area contributed by atoms with E-state index in [1.54, 1.807) is 24.3 Å². The summed E-state index contributed by atoms with van der Waals surface area (Å²) in [5.74, 6) is 0.430. The van der Waals surface area contributed by atoms with Crippen molar-refractivity contribution in [3.8, 4) is 11.5 Å². The molecule has 0 atom stereocenters. The summed E-state index contributed by atoms with van der Waals surface area (Å²) in [6.45, 7) is 2.05. The molecule has 124 valence electrons. The molecule has 0 bridgehead atoms. The molecule has 2 aromatic rings. The summed E-state index contributed by atoms with van der Waals surface area (Å²) in [6, 6.07) is 10.6. The lowest BCUT2D eigenvalue weighted by atomic mass is 10.2. The van der Waals surface area contributed by atoms with Gasteiger partial charge in [0.05, 0.1) is 0 Å². The van der Waals surface area contributed by atoms with Crippen molar-refractivity contribution in [2.45, 2.75) is 13.3 Å². The van der Waals surface area contributed by atoms with Gasteiger partial charge in [-0.05, 0) is 42.8 Å². The third-order valence-corrected chi connectivity index (χ3v) is 3.93. The van der Waals surface area contributed by atoms with Crippen LogP contribution in [0.2, 0.25) is 0 Å². The summed E-state index contributed by atoms with van der Waals surface area (Å²) in [5, 5.41) is 5.40. The molecule has 0 aliphatic carbocycles. The molecule has 0 spiro atoms. The largest absolute Gasteiger partial charge is 0.454 e. The van der Waals surface area contributed by atoms with Gasteiger partial charge in [-0.3, -0.25) is 9.59 Å². The normalized spacial score (nSPS) is 11.9. The van der Waals surface area contributed by atoms with Crippen LogP contribution in [0.25, 0.3) is 0 Å². The Bertz CT molecular complexity index is 807. The highest BCUT2D eigenvalue weighted by atomic mass is 79.9. The lowest BCUT2D eigenvalue weighted by Gasteiger charge is -2.09. The number of rotatable bonds is 4. The molecule has 0 fully saturated rings. The van der Waals surface area contributed by atoms with Crippen molar-refractivity contribution in [1.29, 1.82) is 0 Å². The van der Waals surface area contributed by atoms with Crippen LogP contribution in [0.1, 0.15) is 12.0 Å². The van der Waals surface area contributed by atoms with Gasteiger partial charge < -0.3 is 20.1 Å². The van der Waals surface area contributed by atoms with Gasteiger partial charge in [-0.2, -0.15) is 0 Å². The molecule has 0 radical (unpaired) electrons. The number of aryl methyl sites for hydroxylation is 1. The highest BCUT2D eigenvalue weighted by Crippen LogP contribution is 2.34. The molecule has 0 aromatic heterocycles. The molecule has 2 aromatic carbocycles. The molecule has 7 heteroatoms. The van der Waals surface area contributed by atoms with Crippen molar-refractivity contribution in [2.24, 2.45) is 0 Å². The minimum Gasteiger partial charge on any atom is -0.454 e. The smallest absolute Gasteiger partial charge is 0.233 e. The zero-order valence-electron chi connectivity index (χ0n) is 12.9. The molecular formula is C17H15BrN2O4. The number of carbonyl (C=O) groups is 2. The number of fused-ring (bicyclic) bond motifs is 1. The van der Waals surface area contributed by atoms with Crippen LogP contribution in [0.15, 0.2) is 40.9 Å². The van der Waals surface area contributed by atoms with E-state index in [2.05, 4.69) is 26.6 Å². The van der Waals surface area contributed by atoms with Gasteiger partial charge in [0.25, 0.3) is 0 Å². The third-order valence-electron chi connectivity index (χ3n) is 3.44. The van der Waals surface area contributed by atoms with Crippen LogP contribution in [0.3, 0.4) is 0 Å². The Morgan fingerprint density at radius 2 is 1.79 bits per heavy atom. The third kappa shape index (κ3) is 3.86. The van der Waals surface area contributed by atoms with Crippen molar-refractivity contribution >= 4 is 39.1 Å². The first-order valence-electron chi connectivity index (χ1n) is 7.27. The summed E-state index contributed by atoms with van der Waals surface area (Å²) < 4.78 is 11.4. The van der Waals surface area contributed by atoms with Gasteiger partial charge in [0.15, 0.2) is 11.5 Å². The molecule has 1 heterocycles. The van der Waals surface area contributed by atoms with Gasteiger partial charge in [0.1, 0.15) is 6.42 Å². The molecule has 0 unspecified atom stereocenters. The van der Waals surface area contributed by atoms with Crippen LogP contribution < -0.4 is 20.1 Å². The van der Waals surface area contributed by atoms with Crippen LogP contribution in [0.5, 0.6) is 11.5 Å². The second-order valence-electron chi connectivity index (χ2n) is 5.30. The average molecular weight is 391 g/mol. The van der Waals surface area contributed by atoms with Crippen LogP contribution in [0, 0.1) is 6.92 Å². The quantitative estimate of drug-likeness (QED) is 0.783. The van der Waals surface area contributed by atoms with Gasteiger partial charge in [-0.25, -0.2) is 0 Å². The number of anilines is 2. The van der Waals surface area contributed by atoms with Gasteiger partial charge in [-0.15, -0.1) is 0 Å². The predicted molar refractivity (Wildman–Crippen MR) is 93.3 cm³/mol. The Morgan fingerprint density at radius 3 is 2.58 bits per heavy atom. The first-order chi connectivity index (χ1) is 11.5. The molecule has 2 amide bonds. The van der Waals surface area contributed by atoms with E-state index < -0.39 is 5.91 Å². The Kier molecular flexibility index (Phi) is 4.71. The number of ether oxygens (including phenoxy) is 2. The summed E-state index contributed by atoms with van der Waals surface area (Å²) in [5.41, 5.74) is 2.14. The van der Waals surface area contributed by atoms with Crippen LogP contribution >= 0.6 is 15.9 Å². The monoisotopic (exact) mass is 390 g/mol. The Morgan fingerprint density at radius 1 is 1.04 bits per heavy atom. The molecule has 6 nitrogen and oxygen atoms in total. The van der Waals surface area contributed by atoms with Gasteiger partial charge in [0.2, 0.25) is 18.6 Å². The summed E-state index contributed by atoms with van der Waals surface area (Å²) >= 11 is 3.37. The van der Waals surface area contributed by atoms with E-state index in [9.17, 15) is 9.59 Å². The summed E-state index contributed by atoms with van der Waals surface area (Å²) in [7, 11) is 0. The van der Waals surface area contributed by atoms with Gasteiger partial charge in [0, 0.05) is 21.9 Å². The molecule has 1 aliphatic heterocycles. The molecule has 2 N–H and O–H groups in total. The minimum atomic E-state index is -0.402. The zero-order valence-corrected chi connectivity index (χ0v) is 14.5. The fraction of sp³-hybridized carbons (Fsp3) is 0.176. The number of amides is 2. The van der Waals surface area contributed by atoms with Crippen molar-refractivity contribution in [3.63, 3.8) is 0 Å². The van der Waals surface area contributed by atoms with Crippen molar-refractivity contribution in [2.75, 3.05) is 17.4 Å². The number of carbonyl (C=O) groups excluding carboxylic acids is 2. The van der Waals surface area contributed by atoms with Crippen LogP contribution in [-0.2, 0) is 9.59 Å². The predicted octanol–water partition coefficient (Wildman–Crippen LogP) is 3.45. The molecule has 3 rings (SSSR count). The van der Waals surface area contributed by atoms with E-state index in [-0.39, 0.29) is 19.1 Å². The Hall–Kier alpha value is -2.54. The molecule has 0 saturated carbocycles. The fourth-order valence-electron chi connectivity index (χ4n) is 2.29.